The summed E-state index contributed by atoms with van der Waals surface area (Å²) in [6.45, 7) is 1.89. The molecule has 0 spiro atoms. The van der Waals surface area contributed by atoms with Gasteiger partial charge in [0.05, 0.1) is 16.6 Å². The van der Waals surface area contributed by atoms with Crippen LogP contribution in [0.5, 0.6) is 0 Å². The van der Waals surface area contributed by atoms with Gasteiger partial charge in [-0.1, -0.05) is 11.6 Å². The minimum atomic E-state index is -0.538. The van der Waals surface area contributed by atoms with Crippen LogP contribution >= 0.6 is 22.9 Å². The Morgan fingerprint density at radius 3 is 2.89 bits per heavy atom. The fraction of sp³-hybridized carbons (Fsp3) is 0.200. The Morgan fingerprint density at radius 1 is 1.50 bits per heavy atom. The van der Waals surface area contributed by atoms with Gasteiger partial charge < -0.3 is 5.32 Å². The number of nitrogens with one attached hydrogen (secondary N) is 2. The molecule has 2 aromatic rings. The smallest absolute Gasteiger partial charge is 0.239 e. The Labute approximate surface area is 112 Å². The summed E-state index contributed by atoms with van der Waals surface area (Å²) in [4.78, 5) is 8.55. The van der Waals surface area contributed by atoms with E-state index in [1.165, 1.54) is 11.3 Å². The summed E-state index contributed by atoms with van der Waals surface area (Å²) < 4.78 is 14.2. The summed E-state index contributed by atoms with van der Waals surface area (Å²) in [5.74, 6) is 4.88. The first-order valence-electron chi connectivity index (χ1n) is 5.11. The minimum absolute atomic E-state index is 0.0926. The highest BCUT2D eigenvalue weighted by Gasteiger charge is 2.12. The van der Waals surface area contributed by atoms with E-state index in [0.717, 1.165) is 11.1 Å². The van der Waals surface area contributed by atoms with Gasteiger partial charge in [-0.3, -0.25) is 5.43 Å². The van der Waals surface area contributed by atoms with E-state index in [4.69, 9.17) is 17.4 Å². The highest BCUT2D eigenvalue weighted by Crippen LogP contribution is 2.29. The predicted molar refractivity (Wildman–Crippen MR) is 71.2 cm³/mol. The van der Waals surface area contributed by atoms with Crippen LogP contribution in [0.1, 0.15) is 17.8 Å². The molecular weight excluding hydrogens is 277 g/mol. The molecular formula is C10H11ClFN5S. The van der Waals surface area contributed by atoms with Gasteiger partial charge in [0.15, 0.2) is 11.6 Å². The van der Waals surface area contributed by atoms with Crippen molar-refractivity contribution in [2.75, 3.05) is 10.7 Å². The summed E-state index contributed by atoms with van der Waals surface area (Å²) in [6, 6.07) is 3.56. The molecule has 18 heavy (non-hydrogen) atoms. The van der Waals surface area contributed by atoms with Crippen LogP contribution in [-0.2, 0) is 0 Å². The third kappa shape index (κ3) is 2.87. The van der Waals surface area contributed by atoms with Gasteiger partial charge in [-0.15, -0.1) is 11.3 Å². The number of halogens is 2. The summed E-state index contributed by atoms with van der Waals surface area (Å²) in [5, 5.41) is 2.94. The highest BCUT2D eigenvalue weighted by atomic mass is 35.5. The molecule has 1 atom stereocenters. The fourth-order valence-corrected chi connectivity index (χ4v) is 2.44. The standard InChI is InChI=1S/C10H11ClFN5S/c1-5(7-2-3-8(11)18-7)15-9-6(12)4-14-10(16-9)17-13/h2-5H,13H2,1H3,(H2,14,15,16,17). The van der Waals surface area contributed by atoms with Crippen molar-refractivity contribution in [3.8, 4) is 0 Å². The lowest BCUT2D eigenvalue weighted by atomic mass is 10.3. The number of hydrogen-bond acceptors (Lipinski definition) is 6. The lowest BCUT2D eigenvalue weighted by molar-refractivity contribution is 0.614. The number of rotatable bonds is 4. The number of hydrazine groups is 1. The van der Waals surface area contributed by atoms with E-state index in [9.17, 15) is 4.39 Å². The van der Waals surface area contributed by atoms with E-state index in [0.29, 0.717) is 4.34 Å². The first kappa shape index (κ1) is 13.0. The average Bonchev–Trinajstić information content (AvgIpc) is 2.79. The second-order valence-corrected chi connectivity index (χ2v) is 5.29. The molecule has 1 unspecified atom stereocenters. The molecule has 0 amide bonds. The molecule has 2 heterocycles. The Balaban J connectivity index is 2.18. The van der Waals surface area contributed by atoms with E-state index in [1.54, 1.807) is 6.07 Å². The van der Waals surface area contributed by atoms with Gasteiger partial charge in [0, 0.05) is 4.88 Å². The van der Waals surface area contributed by atoms with Gasteiger partial charge in [0.25, 0.3) is 0 Å². The average molecular weight is 288 g/mol. The molecule has 4 N–H and O–H groups in total. The van der Waals surface area contributed by atoms with Crippen LogP contribution in [0.4, 0.5) is 16.2 Å². The SMILES string of the molecule is CC(Nc1nc(NN)ncc1F)c1ccc(Cl)s1. The second-order valence-electron chi connectivity index (χ2n) is 3.54. The van der Waals surface area contributed by atoms with Gasteiger partial charge >= 0.3 is 0 Å². The zero-order valence-corrected chi connectivity index (χ0v) is 11.0. The number of anilines is 2. The lowest BCUT2D eigenvalue weighted by Crippen LogP contribution is -2.14. The molecule has 0 saturated heterocycles. The zero-order valence-electron chi connectivity index (χ0n) is 9.45. The molecule has 2 rings (SSSR count). The van der Waals surface area contributed by atoms with E-state index in [2.05, 4.69) is 20.7 Å². The van der Waals surface area contributed by atoms with Crippen molar-refractivity contribution in [1.29, 1.82) is 0 Å². The van der Waals surface area contributed by atoms with E-state index < -0.39 is 5.82 Å². The maximum absolute atomic E-state index is 13.5. The molecule has 2 aromatic heterocycles. The number of nitrogens with two attached hydrogens (primary N) is 1. The Bertz CT molecular complexity index is 547. The van der Waals surface area contributed by atoms with Crippen LogP contribution in [0, 0.1) is 5.82 Å². The molecule has 0 fully saturated rings. The normalized spacial score (nSPS) is 12.2. The van der Waals surface area contributed by atoms with Crippen molar-refractivity contribution in [2.24, 2.45) is 5.84 Å². The first-order valence-corrected chi connectivity index (χ1v) is 6.30. The molecule has 0 aromatic carbocycles. The van der Waals surface area contributed by atoms with E-state index >= 15 is 0 Å². The van der Waals surface area contributed by atoms with Gasteiger partial charge in [-0.2, -0.15) is 4.98 Å². The molecule has 0 aliphatic rings. The third-order valence-corrected chi connectivity index (χ3v) is 3.66. The number of aromatic nitrogens is 2. The van der Waals surface area contributed by atoms with Gasteiger partial charge in [-0.05, 0) is 19.1 Å². The summed E-state index contributed by atoms with van der Waals surface area (Å²) >= 11 is 7.28. The van der Waals surface area contributed by atoms with Crippen molar-refractivity contribution in [1.82, 2.24) is 9.97 Å². The number of thiophene rings is 1. The number of hydrogen-bond donors (Lipinski definition) is 3. The molecule has 0 saturated carbocycles. The molecule has 0 bridgehead atoms. The second kappa shape index (κ2) is 5.47. The summed E-state index contributed by atoms with van der Waals surface area (Å²) in [5.41, 5.74) is 2.26. The topological polar surface area (TPSA) is 75.9 Å². The van der Waals surface area contributed by atoms with Crippen LogP contribution in [-0.4, -0.2) is 9.97 Å². The monoisotopic (exact) mass is 287 g/mol. The Morgan fingerprint density at radius 2 is 2.28 bits per heavy atom. The number of nitrogens with zero attached hydrogens (tertiary/aromatic N) is 2. The fourth-order valence-electron chi connectivity index (χ4n) is 1.38. The molecule has 0 radical (unpaired) electrons. The molecule has 8 heteroatoms. The molecule has 0 aliphatic heterocycles. The van der Waals surface area contributed by atoms with Crippen LogP contribution in [0.25, 0.3) is 0 Å². The number of nitrogen functional groups attached to an aromatic ring is 1. The van der Waals surface area contributed by atoms with Crippen molar-refractivity contribution in [2.45, 2.75) is 13.0 Å². The first-order chi connectivity index (χ1) is 8.60. The zero-order chi connectivity index (χ0) is 13.1. The highest BCUT2D eigenvalue weighted by molar-refractivity contribution is 7.16. The molecule has 0 aliphatic carbocycles. The van der Waals surface area contributed by atoms with Crippen molar-refractivity contribution >= 4 is 34.7 Å². The van der Waals surface area contributed by atoms with Gasteiger partial charge in [-0.25, -0.2) is 15.2 Å². The van der Waals surface area contributed by atoms with Gasteiger partial charge in [0.1, 0.15) is 0 Å². The quantitative estimate of drug-likeness (QED) is 0.595. The Kier molecular flexibility index (Phi) is 3.95. The van der Waals surface area contributed by atoms with Crippen LogP contribution in [0.15, 0.2) is 18.3 Å². The van der Waals surface area contributed by atoms with Crippen LogP contribution in [0.2, 0.25) is 4.34 Å². The maximum Gasteiger partial charge on any atom is 0.239 e. The molecule has 5 nitrogen and oxygen atoms in total. The predicted octanol–water partition coefficient (Wildman–Crippen LogP) is 2.79. The van der Waals surface area contributed by atoms with Gasteiger partial charge in [0.2, 0.25) is 5.95 Å². The lowest BCUT2D eigenvalue weighted by Gasteiger charge is -2.13. The van der Waals surface area contributed by atoms with Crippen LogP contribution in [0.3, 0.4) is 0 Å². The van der Waals surface area contributed by atoms with E-state index in [1.807, 2.05) is 13.0 Å². The van der Waals surface area contributed by atoms with Crippen LogP contribution < -0.4 is 16.6 Å². The Hall–Kier alpha value is -1.44. The van der Waals surface area contributed by atoms with E-state index in [-0.39, 0.29) is 17.8 Å². The maximum atomic E-state index is 13.5. The van der Waals surface area contributed by atoms with Crippen molar-refractivity contribution < 1.29 is 4.39 Å². The largest absolute Gasteiger partial charge is 0.360 e. The summed E-state index contributed by atoms with van der Waals surface area (Å²) in [6.07, 6.45) is 1.05. The van der Waals surface area contributed by atoms with Crippen molar-refractivity contribution in [3.63, 3.8) is 0 Å². The third-order valence-electron chi connectivity index (χ3n) is 2.25. The summed E-state index contributed by atoms with van der Waals surface area (Å²) in [7, 11) is 0. The van der Waals surface area contributed by atoms with Crippen molar-refractivity contribution in [3.05, 3.63) is 33.4 Å². The minimum Gasteiger partial charge on any atom is -0.360 e. The molecule has 96 valence electrons.